The summed E-state index contributed by atoms with van der Waals surface area (Å²) >= 11 is 1.56. The van der Waals surface area contributed by atoms with E-state index in [-0.39, 0.29) is 5.78 Å². The van der Waals surface area contributed by atoms with Gasteiger partial charge < -0.3 is 14.2 Å². The number of carbonyl (C=O) groups is 1. The molecule has 2 aromatic carbocycles. The second-order valence-electron chi connectivity index (χ2n) is 4.87. The van der Waals surface area contributed by atoms with Gasteiger partial charge in [-0.05, 0) is 36.8 Å². The van der Waals surface area contributed by atoms with Gasteiger partial charge in [0.2, 0.25) is 0 Å². The van der Waals surface area contributed by atoms with Crippen molar-refractivity contribution in [2.24, 2.45) is 0 Å². The van der Waals surface area contributed by atoms with Crippen molar-refractivity contribution in [3.63, 3.8) is 0 Å². The molecule has 0 amide bonds. The summed E-state index contributed by atoms with van der Waals surface area (Å²) in [6.07, 6.45) is 0. The molecule has 0 aliphatic heterocycles. The average Bonchev–Trinajstić information content (AvgIpc) is 2.59. The second-order valence-corrected chi connectivity index (χ2v) is 5.85. The highest BCUT2D eigenvalue weighted by Gasteiger charge is 2.19. The molecule has 2 aromatic rings. The fourth-order valence-electron chi connectivity index (χ4n) is 2.23. The van der Waals surface area contributed by atoms with E-state index in [2.05, 4.69) is 0 Å². The number of rotatable bonds is 7. The summed E-state index contributed by atoms with van der Waals surface area (Å²) in [5, 5.41) is 0. The summed E-state index contributed by atoms with van der Waals surface area (Å²) in [7, 11) is 4.80. The Bertz CT molecular complexity index is 680. The first-order valence-electron chi connectivity index (χ1n) is 7.12. The maximum Gasteiger partial charge on any atom is 0.164 e. The number of methoxy groups -OCH3 is 3. The lowest BCUT2D eigenvalue weighted by atomic mass is 10.1. The van der Waals surface area contributed by atoms with Crippen LogP contribution in [-0.4, -0.2) is 27.1 Å². The SMILES string of the molecule is COc1ccc(CSc2c(OC)ccc(OC)c2C(C)=O)cc1. The minimum absolute atomic E-state index is 0.0435. The Morgan fingerprint density at radius 3 is 2.04 bits per heavy atom. The van der Waals surface area contributed by atoms with Gasteiger partial charge in [0.25, 0.3) is 0 Å². The van der Waals surface area contributed by atoms with Crippen LogP contribution in [-0.2, 0) is 5.75 Å². The van der Waals surface area contributed by atoms with Crippen LogP contribution in [0.2, 0.25) is 0 Å². The van der Waals surface area contributed by atoms with Gasteiger partial charge in [-0.15, -0.1) is 11.8 Å². The van der Waals surface area contributed by atoms with Gasteiger partial charge in [-0.3, -0.25) is 4.79 Å². The number of hydrogen-bond donors (Lipinski definition) is 0. The Morgan fingerprint density at radius 2 is 1.52 bits per heavy atom. The fourth-order valence-corrected chi connectivity index (χ4v) is 3.42. The van der Waals surface area contributed by atoms with Crippen LogP contribution < -0.4 is 14.2 Å². The Kier molecular flexibility index (Phi) is 5.93. The highest BCUT2D eigenvalue weighted by atomic mass is 32.2. The van der Waals surface area contributed by atoms with Crippen molar-refractivity contribution in [3.05, 3.63) is 47.5 Å². The largest absolute Gasteiger partial charge is 0.497 e. The van der Waals surface area contributed by atoms with Crippen LogP contribution in [0.3, 0.4) is 0 Å². The van der Waals surface area contributed by atoms with Gasteiger partial charge in [-0.25, -0.2) is 0 Å². The lowest BCUT2D eigenvalue weighted by Crippen LogP contribution is -2.02. The molecule has 0 heterocycles. The number of Topliss-reactive ketones (excluding diaryl/α,β-unsaturated/α-hetero) is 1. The van der Waals surface area contributed by atoms with E-state index < -0.39 is 0 Å². The zero-order valence-corrected chi connectivity index (χ0v) is 14.5. The van der Waals surface area contributed by atoms with E-state index in [1.165, 1.54) is 6.92 Å². The van der Waals surface area contributed by atoms with E-state index in [9.17, 15) is 4.79 Å². The van der Waals surface area contributed by atoms with Crippen LogP contribution in [0.25, 0.3) is 0 Å². The number of carbonyl (C=O) groups excluding carboxylic acids is 1. The van der Waals surface area contributed by atoms with Crippen LogP contribution >= 0.6 is 11.8 Å². The molecule has 0 N–H and O–H groups in total. The summed E-state index contributed by atoms with van der Waals surface area (Å²) in [5.41, 5.74) is 1.69. The van der Waals surface area contributed by atoms with Crippen LogP contribution in [0.1, 0.15) is 22.8 Å². The molecule has 0 aliphatic carbocycles. The smallest absolute Gasteiger partial charge is 0.164 e. The van der Waals surface area contributed by atoms with Gasteiger partial charge in [-0.1, -0.05) is 12.1 Å². The van der Waals surface area contributed by atoms with Gasteiger partial charge in [0.05, 0.1) is 31.8 Å². The van der Waals surface area contributed by atoms with Gasteiger partial charge in [0.15, 0.2) is 5.78 Å². The summed E-state index contributed by atoms with van der Waals surface area (Å²) in [5.74, 6) is 2.73. The molecule has 0 saturated heterocycles. The minimum atomic E-state index is -0.0435. The van der Waals surface area contributed by atoms with Crippen LogP contribution in [0.4, 0.5) is 0 Å². The second kappa shape index (κ2) is 7.92. The van der Waals surface area contributed by atoms with E-state index in [1.54, 1.807) is 39.2 Å². The van der Waals surface area contributed by atoms with Crippen molar-refractivity contribution in [1.29, 1.82) is 0 Å². The average molecular weight is 332 g/mol. The van der Waals surface area contributed by atoms with E-state index in [1.807, 2.05) is 30.3 Å². The molecular weight excluding hydrogens is 312 g/mol. The van der Waals surface area contributed by atoms with Gasteiger partial charge in [0.1, 0.15) is 17.2 Å². The molecule has 0 fully saturated rings. The maximum absolute atomic E-state index is 12.0. The molecule has 0 bridgehead atoms. The fraction of sp³-hybridized carbons (Fsp3) is 0.278. The molecule has 4 nitrogen and oxygen atoms in total. The monoisotopic (exact) mass is 332 g/mol. The van der Waals surface area contributed by atoms with Crippen molar-refractivity contribution in [2.45, 2.75) is 17.6 Å². The molecule has 0 aliphatic rings. The van der Waals surface area contributed by atoms with Crippen molar-refractivity contribution in [2.75, 3.05) is 21.3 Å². The molecule has 0 aromatic heterocycles. The Hall–Kier alpha value is -2.14. The molecule has 0 saturated carbocycles. The number of benzene rings is 2. The van der Waals surface area contributed by atoms with E-state index in [4.69, 9.17) is 14.2 Å². The van der Waals surface area contributed by atoms with Crippen molar-refractivity contribution < 1.29 is 19.0 Å². The van der Waals surface area contributed by atoms with Crippen LogP contribution in [0.15, 0.2) is 41.3 Å². The first kappa shape index (κ1) is 17.2. The molecule has 122 valence electrons. The van der Waals surface area contributed by atoms with E-state index in [0.717, 1.165) is 16.2 Å². The molecule has 2 rings (SSSR count). The topological polar surface area (TPSA) is 44.8 Å². The molecule has 0 spiro atoms. The first-order chi connectivity index (χ1) is 11.1. The number of ether oxygens (including phenoxy) is 3. The van der Waals surface area contributed by atoms with Gasteiger partial charge >= 0.3 is 0 Å². The standard InChI is InChI=1S/C18H20O4S/c1-12(19)17-15(21-3)9-10-16(22-4)18(17)23-11-13-5-7-14(20-2)8-6-13/h5-10H,11H2,1-4H3. The third-order valence-electron chi connectivity index (χ3n) is 3.42. The molecule has 0 radical (unpaired) electrons. The van der Waals surface area contributed by atoms with Crippen molar-refractivity contribution >= 4 is 17.5 Å². The molecule has 5 heteroatoms. The lowest BCUT2D eigenvalue weighted by Gasteiger charge is -2.15. The molecular formula is C18H20O4S. The normalized spacial score (nSPS) is 10.3. The van der Waals surface area contributed by atoms with Crippen molar-refractivity contribution in [1.82, 2.24) is 0 Å². The van der Waals surface area contributed by atoms with Crippen LogP contribution in [0, 0.1) is 0 Å². The highest BCUT2D eigenvalue weighted by Crippen LogP contribution is 2.39. The van der Waals surface area contributed by atoms with Gasteiger partial charge in [-0.2, -0.15) is 0 Å². The minimum Gasteiger partial charge on any atom is -0.497 e. The van der Waals surface area contributed by atoms with E-state index in [0.29, 0.717) is 22.8 Å². The number of thioether (sulfide) groups is 1. The Morgan fingerprint density at radius 1 is 0.913 bits per heavy atom. The van der Waals surface area contributed by atoms with E-state index >= 15 is 0 Å². The predicted molar refractivity (Wildman–Crippen MR) is 92.1 cm³/mol. The molecule has 0 atom stereocenters. The van der Waals surface area contributed by atoms with Gasteiger partial charge in [0, 0.05) is 5.75 Å². The molecule has 0 unspecified atom stereocenters. The van der Waals surface area contributed by atoms with Crippen molar-refractivity contribution in [3.8, 4) is 17.2 Å². The Labute approximate surface area is 140 Å². The third kappa shape index (κ3) is 3.99. The predicted octanol–water partition coefficient (Wildman–Crippen LogP) is 4.21. The number of ketones is 1. The summed E-state index contributed by atoms with van der Waals surface area (Å²) in [6, 6.07) is 11.4. The first-order valence-corrected chi connectivity index (χ1v) is 8.11. The third-order valence-corrected chi connectivity index (χ3v) is 4.59. The van der Waals surface area contributed by atoms with Crippen LogP contribution in [0.5, 0.6) is 17.2 Å². The number of hydrogen-bond acceptors (Lipinski definition) is 5. The Balaban J connectivity index is 2.31. The zero-order valence-electron chi connectivity index (χ0n) is 13.7. The lowest BCUT2D eigenvalue weighted by molar-refractivity contribution is 0.101. The summed E-state index contributed by atoms with van der Waals surface area (Å²) in [6.45, 7) is 1.54. The quantitative estimate of drug-likeness (QED) is 0.561. The maximum atomic E-state index is 12.0. The molecule has 23 heavy (non-hydrogen) atoms. The summed E-state index contributed by atoms with van der Waals surface area (Å²) < 4.78 is 15.9. The summed E-state index contributed by atoms with van der Waals surface area (Å²) in [4.78, 5) is 12.8. The zero-order chi connectivity index (χ0) is 16.8. The highest BCUT2D eigenvalue weighted by molar-refractivity contribution is 7.98.